The van der Waals surface area contributed by atoms with E-state index in [9.17, 15) is 0 Å². The molecule has 0 bridgehead atoms. The standard InChI is InChI=1S/C11H11BrN2O/c12-8-3-7-1-2-15-6-10(7)9(4-8)11(14)5-13/h3-4,11H,1-2,6,14H2. The van der Waals surface area contributed by atoms with Gasteiger partial charge >= 0.3 is 0 Å². The summed E-state index contributed by atoms with van der Waals surface area (Å²) in [7, 11) is 0. The van der Waals surface area contributed by atoms with E-state index in [1.165, 1.54) is 5.56 Å². The topological polar surface area (TPSA) is 59.0 Å². The summed E-state index contributed by atoms with van der Waals surface area (Å²) in [4.78, 5) is 0. The number of nitrogens with zero attached hydrogens (tertiary/aromatic N) is 1. The van der Waals surface area contributed by atoms with E-state index in [0.29, 0.717) is 6.61 Å². The van der Waals surface area contributed by atoms with Gasteiger partial charge < -0.3 is 10.5 Å². The summed E-state index contributed by atoms with van der Waals surface area (Å²) in [6, 6.07) is 5.47. The molecule has 1 unspecified atom stereocenters. The molecule has 2 rings (SSSR count). The number of nitriles is 1. The van der Waals surface area contributed by atoms with Gasteiger partial charge in [0.05, 0.1) is 19.3 Å². The molecule has 1 atom stereocenters. The van der Waals surface area contributed by atoms with Crippen LogP contribution in [0, 0.1) is 11.3 Å². The van der Waals surface area contributed by atoms with E-state index >= 15 is 0 Å². The molecule has 1 aromatic rings. The molecule has 1 aliphatic heterocycles. The van der Waals surface area contributed by atoms with Gasteiger partial charge in [0.25, 0.3) is 0 Å². The van der Waals surface area contributed by atoms with E-state index in [1.54, 1.807) is 0 Å². The summed E-state index contributed by atoms with van der Waals surface area (Å²) in [5.74, 6) is 0. The van der Waals surface area contributed by atoms with Crippen molar-refractivity contribution in [1.29, 1.82) is 5.26 Å². The third kappa shape index (κ3) is 2.05. The third-order valence-corrected chi connectivity index (χ3v) is 3.04. The quantitative estimate of drug-likeness (QED) is 0.847. The number of nitrogens with two attached hydrogens (primary N) is 1. The Labute approximate surface area is 97.0 Å². The van der Waals surface area contributed by atoms with Gasteiger partial charge in [0, 0.05) is 4.47 Å². The second-order valence-corrected chi connectivity index (χ2v) is 4.46. The molecule has 0 saturated carbocycles. The molecule has 3 nitrogen and oxygen atoms in total. The van der Waals surface area contributed by atoms with Crippen LogP contribution in [0.5, 0.6) is 0 Å². The van der Waals surface area contributed by atoms with Crippen molar-refractivity contribution in [2.24, 2.45) is 5.73 Å². The van der Waals surface area contributed by atoms with Crippen LogP contribution < -0.4 is 5.73 Å². The zero-order valence-corrected chi connectivity index (χ0v) is 9.75. The second kappa shape index (κ2) is 4.31. The monoisotopic (exact) mass is 266 g/mol. The molecule has 0 aromatic heterocycles. The zero-order valence-electron chi connectivity index (χ0n) is 8.16. The molecule has 1 heterocycles. The molecule has 0 fully saturated rings. The maximum atomic E-state index is 8.85. The molecule has 4 heteroatoms. The highest BCUT2D eigenvalue weighted by atomic mass is 79.9. The van der Waals surface area contributed by atoms with Crippen LogP contribution in [-0.4, -0.2) is 6.61 Å². The Kier molecular flexibility index (Phi) is 3.06. The lowest BCUT2D eigenvalue weighted by Gasteiger charge is -2.21. The molecule has 15 heavy (non-hydrogen) atoms. The lowest BCUT2D eigenvalue weighted by atomic mass is 9.94. The minimum Gasteiger partial charge on any atom is -0.376 e. The number of hydrogen-bond acceptors (Lipinski definition) is 3. The van der Waals surface area contributed by atoms with Gasteiger partial charge in [-0.3, -0.25) is 0 Å². The van der Waals surface area contributed by atoms with E-state index in [4.69, 9.17) is 15.7 Å². The maximum Gasteiger partial charge on any atom is 0.119 e. The molecule has 0 radical (unpaired) electrons. The Morgan fingerprint density at radius 3 is 3.07 bits per heavy atom. The predicted molar refractivity (Wildman–Crippen MR) is 60.0 cm³/mol. The normalized spacial score (nSPS) is 16.6. The van der Waals surface area contributed by atoms with Gasteiger partial charge in [-0.2, -0.15) is 5.26 Å². The van der Waals surface area contributed by atoms with Gasteiger partial charge in [0.1, 0.15) is 6.04 Å². The van der Waals surface area contributed by atoms with E-state index in [0.717, 1.165) is 28.6 Å². The minimum absolute atomic E-state index is 0.563. The van der Waals surface area contributed by atoms with Crippen LogP contribution in [0.1, 0.15) is 22.7 Å². The van der Waals surface area contributed by atoms with Crippen LogP contribution in [0.4, 0.5) is 0 Å². The average Bonchev–Trinajstić information content (AvgIpc) is 2.26. The summed E-state index contributed by atoms with van der Waals surface area (Å²) in [6.45, 7) is 1.30. The zero-order chi connectivity index (χ0) is 10.8. The van der Waals surface area contributed by atoms with E-state index in [2.05, 4.69) is 28.1 Å². The lowest BCUT2D eigenvalue weighted by molar-refractivity contribution is 0.110. The Balaban J connectivity index is 2.53. The fourth-order valence-corrected chi connectivity index (χ4v) is 2.34. The highest BCUT2D eigenvalue weighted by Gasteiger charge is 2.18. The summed E-state index contributed by atoms with van der Waals surface area (Å²) in [5.41, 5.74) is 8.94. The Morgan fingerprint density at radius 2 is 2.33 bits per heavy atom. The van der Waals surface area contributed by atoms with Crippen molar-refractivity contribution in [1.82, 2.24) is 0 Å². The number of halogens is 1. The maximum absolute atomic E-state index is 8.85. The summed E-state index contributed by atoms with van der Waals surface area (Å²) in [6.07, 6.45) is 0.889. The molecule has 0 amide bonds. The van der Waals surface area contributed by atoms with E-state index in [1.807, 2.05) is 6.07 Å². The van der Waals surface area contributed by atoms with Gasteiger partial charge in [-0.15, -0.1) is 0 Å². The van der Waals surface area contributed by atoms with Gasteiger partial charge in [-0.1, -0.05) is 15.9 Å². The van der Waals surface area contributed by atoms with Crippen LogP contribution in [0.2, 0.25) is 0 Å². The van der Waals surface area contributed by atoms with Crippen LogP contribution in [-0.2, 0) is 17.8 Å². The highest BCUT2D eigenvalue weighted by Crippen LogP contribution is 2.28. The first-order chi connectivity index (χ1) is 7.22. The number of fused-ring (bicyclic) bond motifs is 1. The third-order valence-electron chi connectivity index (χ3n) is 2.58. The lowest BCUT2D eigenvalue weighted by Crippen LogP contribution is -2.17. The van der Waals surface area contributed by atoms with E-state index < -0.39 is 6.04 Å². The Morgan fingerprint density at radius 1 is 1.53 bits per heavy atom. The smallest absolute Gasteiger partial charge is 0.119 e. The van der Waals surface area contributed by atoms with Crippen LogP contribution in [0.15, 0.2) is 16.6 Å². The number of hydrogen-bond donors (Lipinski definition) is 1. The van der Waals surface area contributed by atoms with Crippen molar-refractivity contribution in [2.75, 3.05) is 6.61 Å². The number of rotatable bonds is 1. The van der Waals surface area contributed by atoms with Crippen LogP contribution in [0.3, 0.4) is 0 Å². The summed E-state index contributed by atoms with van der Waals surface area (Å²) >= 11 is 3.43. The van der Waals surface area contributed by atoms with Gasteiger partial charge in [0.15, 0.2) is 0 Å². The first-order valence-corrected chi connectivity index (χ1v) is 5.56. The van der Waals surface area contributed by atoms with Crippen LogP contribution >= 0.6 is 15.9 Å². The molecule has 2 N–H and O–H groups in total. The SMILES string of the molecule is N#CC(N)c1cc(Br)cc2c1COCC2. The summed E-state index contributed by atoms with van der Waals surface area (Å²) < 4.78 is 6.37. The van der Waals surface area contributed by atoms with Gasteiger partial charge in [-0.25, -0.2) is 0 Å². The number of benzene rings is 1. The molecule has 0 spiro atoms. The van der Waals surface area contributed by atoms with Gasteiger partial charge in [-0.05, 0) is 35.2 Å². The largest absolute Gasteiger partial charge is 0.376 e. The highest BCUT2D eigenvalue weighted by molar-refractivity contribution is 9.10. The molecule has 0 aliphatic carbocycles. The van der Waals surface area contributed by atoms with Crippen molar-refractivity contribution in [2.45, 2.75) is 19.1 Å². The van der Waals surface area contributed by atoms with Crippen LogP contribution in [0.25, 0.3) is 0 Å². The van der Waals surface area contributed by atoms with Crippen molar-refractivity contribution in [3.8, 4) is 6.07 Å². The summed E-state index contributed by atoms with van der Waals surface area (Å²) in [5, 5.41) is 8.85. The molecular weight excluding hydrogens is 256 g/mol. The van der Waals surface area contributed by atoms with E-state index in [-0.39, 0.29) is 0 Å². The molecule has 78 valence electrons. The molecular formula is C11H11BrN2O. The molecule has 1 aliphatic rings. The van der Waals surface area contributed by atoms with Crippen molar-refractivity contribution in [3.63, 3.8) is 0 Å². The molecule has 1 aromatic carbocycles. The van der Waals surface area contributed by atoms with Crippen molar-refractivity contribution < 1.29 is 4.74 Å². The fraction of sp³-hybridized carbons (Fsp3) is 0.364. The van der Waals surface area contributed by atoms with Crippen molar-refractivity contribution in [3.05, 3.63) is 33.3 Å². The second-order valence-electron chi connectivity index (χ2n) is 3.54. The van der Waals surface area contributed by atoms with Crippen molar-refractivity contribution >= 4 is 15.9 Å². The first-order valence-electron chi connectivity index (χ1n) is 4.76. The Bertz CT molecular complexity index is 425. The average molecular weight is 267 g/mol. The fourth-order valence-electron chi connectivity index (χ4n) is 1.82. The molecule has 0 saturated heterocycles. The minimum atomic E-state index is -0.571. The number of ether oxygens (including phenoxy) is 1. The Hall–Kier alpha value is -0.890. The van der Waals surface area contributed by atoms with Gasteiger partial charge in [0.2, 0.25) is 0 Å². The first kappa shape index (κ1) is 10.6. The predicted octanol–water partition coefficient (Wildman–Crippen LogP) is 2.05.